The number of H-pyrrole nitrogens is 1. The first-order valence-corrected chi connectivity index (χ1v) is 16.5. The fraction of sp³-hybridized carbons (Fsp3) is 0.0256. The first kappa shape index (κ1) is 41.8. The van der Waals surface area contributed by atoms with Crippen molar-refractivity contribution in [1.82, 2.24) is 15.3 Å². The van der Waals surface area contributed by atoms with Crippen molar-refractivity contribution in [3.8, 4) is 23.2 Å². The number of oxime groups is 1. The Balaban J connectivity index is 0.000000252. The number of non-ortho nitro benzene ring substituents is 2. The van der Waals surface area contributed by atoms with Gasteiger partial charge in [0.05, 0.1) is 27.5 Å². The van der Waals surface area contributed by atoms with E-state index in [0.717, 1.165) is 11.1 Å². The van der Waals surface area contributed by atoms with Crippen LogP contribution >= 0.6 is 0 Å². The molecule has 1 aromatic heterocycles. The zero-order valence-corrected chi connectivity index (χ0v) is 29.8. The number of nitro benzene ring substituents is 2. The fourth-order valence-electron chi connectivity index (χ4n) is 4.97. The number of amides is 2. The van der Waals surface area contributed by atoms with Gasteiger partial charge in [0.1, 0.15) is 5.82 Å². The third kappa shape index (κ3) is 11.5. The van der Waals surface area contributed by atoms with Crippen molar-refractivity contribution < 1.29 is 34.9 Å². The number of carbonyl (C=O) groups excluding carboxylic acids is 1. The van der Waals surface area contributed by atoms with E-state index in [1.807, 2.05) is 66.7 Å². The quantitative estimate of drug-likeness (QED) is 0.0295. The number of nitro groups is 2. The molecular formula is C39H31N9O10. The van der Waals surface area contributed by atoms with Crippen molar-refractivity contribution in [1.29, 1.82) is 5.26 Å². The molecule has 5 aromatic carbocycles. The molecule has 0 spiro atoms. The predicted octanol–water partition coefficient (Wildman–Crippen LogP) is 5.91. The van der Waals surface area contributed by atoms with Gasteiger partial charge in [-0.25, -0.2) is 14.6 Å². The van der Waals surface area contributed by atoms with Gasteiger partial charge in [0.2, 0.25) is 5.75 Å². The van der Waals surface area contributed by atoms with Crippen LogP contribution in [-0.2, 0) is 0 Å². The number of anilines is 1. The van der Waals surface area contributed by atoms with Crippen LogP contribution in [-0.4, -0.2) is 53.1 Å². The van der Waals surface area contributed by atoms with Crippen molar-refractivity contribution in [2.45, 2.75) is 6.04 Å². The molecule has 1 heterocycles. The van der Waals surface area contributed by atoms with E-state index in [0.29, 0.717) is 22.4 Å². The van der Waals surface area contributed by atoms with Gasteiger partial charge in [-0.2, -0.15) is 5.26 Å². The van der Waals surface area contributed by atoms with Crippen LogP contribution in [0.3, 0.4) is 0 Å². The van der Waals surface area contributed by atoms with Crippen LogP contribution in [0.5, 0.6) is 5.75 Å². The van der Waals surface area contributed by atoms with E-state index >= 15 is 0 Å². The molecule has 0 atom stereocenters. The molecule has 19 nitrogen and oxygen atoms in total. The Hall–Kier alpha value is -8.92. The Labute approximate surface area is 327 Å². The minimum atomic E-state index is -1.54. The van der Waals surface area contributed by atoms with Gasteiger partial charge in [0.15, 0.2) is 11.5 Å². The summed E-state index contributed by atoms with van der Waals surface area (Å²) in [6.07, 6.45) is 0. The molecule has 0 saturated heterocycles. The first-order chi connectivity index (χ1) is 27.8. The minimum absolute atomic E-state index is 0.0518. The number of hydrogen-bond acceptors (Lipinski definition) is 12. The number of nitrogens with two attached hydrogens (primary N) is 1. The summed E-state index contributed by atoms with van der Waals surface area (Å²) in [6, 6.07) is 37.5. The van der Waals surface area contributed by atoms with E-state index in [2.05, 4.69) is 25.8 Å². The monoisotopic (exact) mass is 785 g/mol. The van der Waals surface area contributed by atoms with Crippen molar-refractivity contribution in [2.24, 2.45) is 10.9 Å². The van der Waals surface area contributed by atoms with Gasteiger partial charge in [-0.15, -0.1) is 0 Å². The predicted molar refractivity (Wildman–Crippen MR) is 209 cm³/mol. The maximum atomic E-state index is 12.9. The molecule has 0 radical (unpaired) electrons. The normalized spacial score (nSPS) is 10.4. The highest BCUT2D eigenvalue weighted by Crippen LogP contribution is 2.24. The summed E-state index contributed by atoms with van der Waals surface area (Å²) in [6.45, 7) is 0. The Kier molecular flexibility index (Phi) is 14.4. The lowest BCUT2D eigenvalue weighted by atomic mass is 9.99. The number of amidine groups is 1. The molecule has 0 fully saturated rings. The van der Waals surface area contributed by atoms with Gasteiger partial charge < -0.3 is 36.8 Å². The second kappa shape index (κ2) is 20.0. The number of carboxylic acids is 1. The van der Waals surface area contributed by atoms with Crippen LogP contribution < -0.4 is 21.9 Å². The summed E-state index contributed by atoms with van der Waals surface area (Å²) in [5.41, 5.74) is 6.53. The van der Waals surface area contributed by atoms with E-state index in [1.54, 1.807) is 18.2 Å². The average molecular weight is 786 g/mol. The van der Waals surface area contributed by atoms with E-state index in [-0.39, 0.29) is 29.1 Å². The van der Waals surface area contributed by atoms with Gasteiger partial charge in [-0.05, 0) is 29.3 Å². The smallest absolute Gasteiger partial charge is 0.358 e. The van der Waals surface area contributed by atoms with Crippen LogP contribution in [0.25, 0.3) is 11.4 Å². The number of aromatic amines is 1. The number of rotatable bonds is 9. The number of carboxylic acid groups (broad SMARTS) is 1. The van der Waals surface area contributed by atoms with Gasteiger partial charge >= 0.3 is 12.0 Å². The van der Waals surface area contributed by atoms with E-state index in [4.69, 9.17) is 21.3 Å². The van der Waals surface area contributed by atoms with E-state index in [1.165, 1.54) is 54.6 Å². The number of hydrogen-bond donors (Lipinski definition) is 7. The van der Waals surface area contributed by atoms with Crippen molar-refractivity contribution in [2.75, 3.05) is 5.32 Å². The lowest BCUT2D eigenvalue weighted by molar-refractivity contribution is -0.385. The van der Waals surface area contributed by atoms with Crippen LogP contribution in [0.2, 0.25) is 0 Å². The number of nitrogens with one attached hydrogen (secondary N) is 3. The Morgan fingerprint density at radius 1 is 0.828 bits per heavy atom. The highest BCUT2D eigenvalue weighted by atomic mass is 16.6. The van der Waals surface area contributed by atoms with Crippen LogP contribution in [0.4, 0.5) is 21.9 Å². The molecular weight excluding hydrogens is 754 g/mol. The molecule has 58 heavy (non-hydrogen) atoms. The summed E-state index contributed by atoms with van der Waals surface area (Å²) < 4.78 is 0. The topological polar surface area (TPSA) is 313 Å². The lowest BCUT2D eigenvalue weighted by Crippen LogP contribution is -2.33. The Bertz CT molecular complexity index is 2520. The SMILES string of the molecule is N#Cc1cccc([N+](=O)[O-])c1.N/C(=N\O)c1cccc([N+](=O)[O-])c1.O=C(Nc1cccc(-c2nc(C(=O)O)c(O)c(=O)[nH]2)c1)NC(c1ccccc1)c1ccccc1. The molecule has 292 valence electrons. The van der Waals surface area contributed by atoms with Gasteiger partial charge in [-0.3, -0.25) is 25.0 Å². The number of carbonyl (C=O) groups is 2. The molecule has 8 N–H and O–H groups in total. The largest absolute Gasteiger partial charge is 0.501 e. The summed E-state index contributed by atoms with van der Waals surface area (Å²) in [7, 11) is 0. The second-order valence-electron chi connectivity index (χ2n) is 11.6. The molecule has 6 rings (SSSR count). The number of aromatic hydroxyl groups is 1. The first-order valence-electron chi connectivity index (χ1n) is 16.5. The van der Waals surface area contributed by atoms with Crippen LogP contribution in [0, 0.1) is 31.6 Å². The number of benzene rings is 5. The average Bonchev–Trinajstić information content (AvgIpc) is 3.24. The molecule has 0 saturated carbocycles. The third-order valence-electron chi connectivity index (χ3n) is 7.68. The third-order valence-corrected chi connectivity index (χ3v) is 7.68. The number of nitriles is 1. The standard InChI is InChI=1S/C25H20N4O5.C7H7N3O3.C7H4N2O2/c30-21-20(24(32)33)27-22(29-23(21)31)17-12-7-13-18(14-17)26-25(34)28-19(15-8-3-1-4-9-15)16-10-5-2-6-11-16;8-7(9-11)5-2-1-3-6(4-5)10(12)13;8-5-6-2-1-3-7(4-6)9(10)11/h1-14,19,30H,(H,32,33)(H2,26,28,34)(H,27,29,31);1-4,11H,(H2,8,9);1-4H. The number of aromatic carboxylic acids is 1. The maximum absolute atomic E-state index is 12.9. The summed E-state index contributed by atoms with van der Waals surface area (Å²) >= 11 is 0. The van der Waals surface area contributed by atoms with Gasteiger partial charge in [-0.1, -0.05) is 96.2 Å². The number of urea groups is 1. The molecule has 0 bridgehead atoms. The zero-order chi connectivity index (χ0) is 42.2. The van der Waals surface area contributed by atoms with Gasteiger partial charge in [0.25, 0.3) is 16.9 Å². The second-order valence-corrected chi connectivity index (χ2v) is 11.6. The van der Waals surface area contributed by atoms with E-state index in [9.17, 15) is 39.7 Å². The molecule has 6 aromatic rings. The molecule has 0 aliphatic heterocycles. The zero-order valence-electron chi connectivity index (χ0n) is 29.8. The number of nitrogens with zero attached hydrogens (tertiary/aromatic N) is 5. The fourth-order valence-corrected chi connectivity index (χ4v) is 4.97. The van der Waals surface area contributed by atoms with Crippen LogP contribution in [0.1, 0.15) is 38.8 Å². The molecule has 0 unspecified atom stereocenters. The van der Waals surface area contributed by atoms with Crippen LogP contribution in [0.15, 0.2) is 143 Å². The van der Waals surface area contributed by atoms with Crippen molar-refractivity contribution in [3.05, 3.63) is 192 Å². The molecule has 19 heteroatoms. The highest BCUT2D eigenvalue weighted by Gasteiger charge is 2.19. The lowest BCUT2D eigenvalue weighted by Gasteiger charge is -2.20. The van der Waals surface area contributed by atoms with Gasteiger partial charge in [0, 0.05) is 41.1 Å². The summed E-state index contributed by atoms with van der Waals surface area (Å²) in [5, 5.41) is 64.4. The molecule has 0 aliphatic rings. The van der Waals surface area contributed by atoms with E-state index < -0.39 is 38.8 Å². The summed E-state index contributed by atoms with van der Waals surface area (Å²) in [4.78, 5) is 61.6. The van der Waals surface area contributed by atoms with Crippen molar-refractivity contribution >= 4 is 34.9 Å². The van der Waals surface area contributed by atoms with Crippen molar-refractivity contribution in [3.63, 3.8) is 0 Å². The Morgan fingerprint density at radius 3 is 1.95 bits per heavy atom. The maximum Gasteiger partial charge on any atom is 0.358 e. The number of aromatic nitrogens is 2. The Morgan fingerprint density at radius 2 is 1.40 bits per heavy atom. The minimum Gasteiger partial charge on any atom is -0.501 e. The highest BCUT2D eigenvalue weighted by molar-refractivity contribution is 5.97. The summed E-state index contributed by atoms with van der Waals surface area (Å²) in [5.74, 6) is -2.72. The molecule has 2 amide bonds. The molecule has 0 aliphatic carbocycles.